The Balaban J connectivity index is 5.47. The first-order valence-corrected chi connectivity index (χ1v) is 6.23. The summed E-state index contributed by atoms with van der Waals surface area (Å²) in [7, 11) is 0. The predicted molar refractivity (Wildman–Crippen MR) is 78.5 cm³/mol. The van der Waals surface area contributed by atoms with E-state index in [0.717, 1.165) is 0 Å². The van der Waals surface area contributed by atoms with Crippen LogP contribution in [0.1, 0.15) is 63.6 Å². The van der Waals surface area contributed by atoms with Crippen LogP contribution in [-0.2, 0) is 0 Å². The van der Waals surface area contributed by atoms with Gasteiger partial charge in [-0.2, -0.15) is 0 Å². The van der Waals surface area contributed by atoms with E-state index in [-0.39, 0.29) is 13.1 Å². The molecule has 0 aliphatic rings. The Kier molecular flexibility index (Phi) is 2.77. The molecule has 104 valence electrons. The van der Waals surface area contributed by atoms with Crippen molar-refractivity contribution in [3.05, 3.63) is 0 Å². The average Bonchev–Trinajstić information content (AvgIpc) is 2.16. The lowest BCUT2D eigenvalue weighted by atomic mass is 9.88. The second-order valence-electron chi connectivity index (χ2n) is 7.68. The van der Waals surface area contributed by atoms with Gasteiger partial charge in [-0.05, 0) is 60.9 Å². The van der Waals surface area contributed by atoms with Gasteiger partial charge in [-0.1, -0.05) is 13.8 Å². The molecule has 17 heavy (non-hydrogen) atoms. The first kappa shape index (κ1) is 8.92. The van der Waals surface area contributed by atoms with Gasteiger partial charge in [-0.15, -0.1) is 0 Å². The molecular weight excluding hydrogens is 208 g/mol. The largest absolute Gasteiger partial charge is 0.301 e. The van der Waals surface area contributed by atoms with Gasteiger partial charge in [0.1, 0.15) is 0 Å². The molecule has 0 amide bonds. The lowest BCUT2D eigenvalue weighted by molar-refractivity contribution is 0.0625. The topological polar surface area (TPSA) is 6.48 Å². The molecule has 0 saturated heterocycles. The fourth-order valence-corrected chi connectivity index (χ4v) is 1.38. The van der Waals surface area contributed by atoms with E-state index in [2.05, 4.69) is 0 Å². The van der Waals surface area contributed by atoms with Crippen LogP contribution in [0.4, 0.5) is 0 Å². The first-order chi connectivity index (χ1) is 9.68. The van der Waals surface area contributed by atoms with Gasteiger partial charge in [0, 0.05) is 32.4 Å². The Labute approximate surface area is 118 Å². The zero-order chi connectivity index (χ0) is 19.1. The molecule has 0 fully saturated rings. The minimum Gasteiger partial charge on any atom is -0.301 e. The summed E-state index contributed by atoms with van der Waals surface area (Å²) < 4.78 is 46.7. The van der Waals surface area contributed by atoms with Crippen molar-refractivity contribution in [3.8, 4) is 0 Å². The zero-order valence-corrected chi connectivity index (χ0v) is 12.8. The first-order valence-electron chi connectivity index (χ1n) is 9.23. The van der Waals surface area contributed by atoms with E-state index in [1.807, 2.05) is 55.4 Å². The Morgan fingerprint density at radius 3 is 1.18 bits per heavy atom. The minimum absolute atomic E-state index is 0.287. The summed E-state index contributed by atoms with van der Waals surface area (Å²) >= 11 is 0. The van der Waals surface area contributed by atoms with E-state index in [0.29, 0.717) is 0 Å². The van der Waals surface area contributed by atoms with E-state index >= 15 is 0 Å². The standard InChI is InChI=1S/C15H34N2/c1-13(2,3)16(9)11-15(7,8)12-17(10)14(4,5)6/h11-12H2,1-10H3/i9D3,10D3. The maximum atomic E-state index is 7.79. The molecule has 0 aromatic carbocycles. The second kappa shape index (κ2) is 5.27. The Bertz CT molecular complexity index is 321. The van der Waals surface area contributed by atoms with Crippen molar-refractivity contribution >= 4 is 0 Å². The summed E-state index contributed by atoms with van der Waals surface area (Å²) in [5.41, 5.74) is -1.56. The SMILES string of the molecule is [2H]C([2H])([2H])N(CC(C)(C)CN(C([2H])([2H])[2H])C(C)(C)C)C(C)(C)C. The van der Waals surface area contributed by atoms with Crippen LogP contribution < -0.4 is 0 Å². The van der Waals surface area contributed by atoms with Crippen molar-refractivity contribution in [3.63, 3.8) is 0 Å². The fraction of sp³-hybridized carbons (Fsp3) is 1.00. The van der Waals surface area contributed by atoms with Crippen LogP contribution >= 0.6 is 0 Å². The van der Waals surface area contributed by atoms with E-state index < -0.39 is 30.4 Å². The molecule has 0 spiro atoms. The lowest BCUT2D eigenvalue weighted by Crippen LogP contribution is -2.49. The molecule has 0 bridgehead atoms. The van der Waals surface area contributed by atoms with Gasteiger partial charge >= 0.3 is 0 Å². The molecule has 0 rings (SSSR count). The molecule has 0 aliphatic carbocycles. The molecule has 0 aliphatic heterocycles. The van der Waals surface area contributed by atoms with Crippen molar-refractivity contribution in [1.29, 1.82) is 0 Å². The van der Waals surface area contributed by atoms with Crippen molar-refractivity contribution in [2.24, 2.45) is 5.41 Å². The van der Waals surface area contributed by atoms with Crippen molar-refractivity contribution < 1.29 is 8.22 Å². The summed E-state index contributed by atoms with van der Waals surface area (Å²) in [5, 5.41) is 0. The van der Waals surface area contributed by atoms with E-state index in [4.69, 9.17) is 8.22 Å². The molecule has 0 saturated carbocycles. The Hall–Kier alpha value is -0.0800. The van der Waals surface area contributed by atoms with Gasteiger partial charge in [-0.25, -0.2) is 0 Å². The predicted octanol–water partition coefficient (Wildman–Crippen LogP) is 3.47. The molecule has 2 heteroatoms. The van der Waals surface area contributed by atoms with E-state index in [9.17, 15) is 0 Å². The van der Waals surface area contributed by atoms with Gasteiger partial charge in [0.2, 0.25) is 0 Å². The maximum absolute atomic E-state index is 7.79. The van der Waals surface area contributed by atoms with Gasteiger partial charge in [-0.3, -0.25) is 0 Å². The molecule has 0 aromatic rings. The van der Waals surface area contributed by atoms with Gasteiger partial charge in [0.05, 0.1) is 0 Å². The van der Waals surface area contributed by atoms with Crippen LogP contribution in [0.3, 0.4) is 0 Å². The van der Waals surface area contributed by atoms with Gasteiger partial charge < -0.3 is 9.80 Å². The van der Waals surface area contributed by atoms with Gasteiger partial charge in [0.15, 0.2) is 0 Å². The summed E-state index contributed by atoms with van der Waals surface area (Å²) in [4.78, 5) is 2.95. The molecular formula is C15H34N2. The Morgan fingerprint density at radius 1 is 0.706 bits per heavy atom. The van der Waals surface area contributed by atoms with Crippen LogP contribution in [0, 0.1) is 5.41 Å². The minimum atomic E-state index is -2.22. The highest BCUT2D eigenvalue weighted by atomic mass is 15.2. The van der Waals surface area contributed by atoms with Gasteiger partial charge in [0.25, 0.3) is 0 Å². The monoisotopic (exact) mass is 248 g/mol. The summed E-state index contributed by atoms with van der Waals surface area (Å²) in [6.07, 6.45) is 0. The van der Waals surface area contributed by atoms with Crippen molar-refractivity contribution in [2.75, 3.05) is 27.0 Å². The van der Waals surface area contributed by atoms with E-state index in [1.54, 1.807) is 0 Å². The number of hydrogen-bond donors (Lipinski definition) is 0. The van der Waals surface area contributed by atoms with Crippen LogP contribution in [0.5, 0.6) is 0 Å². The molecule has 2 nitrogen and oxygen atoms in total. The third-order valence-electron chi connectivity index (χ3n) is 2.79. The molecule has 0 N–H and O–H groups in total. The summed E-state index contributed by atoms with van der Waals surface area (Å²) in [6, 6.07) is 0. The smallest absolute Gasteiger partial charge is 0.0394 e. The zero-order valence-electron chi connectivity index (χ0n) is 18.8. The van der Waals surface area contributed by atoms with Crippen molar-refractivity contribution in [2.45, 2.75) is 66.5 Å². The number of nitrogens with zero attached hydrogens (tertiary/aromatic N) is 2. The quantitative estimate of drug-likeness (QED) is 0.751. The highest BCUT2D eigenvalue weighted by molar-refractivity contribution is 4.84. The van der Waals surface area contributed by atoms with Crippen LogP contribution in [-0.4, -0.2) is 47.9 Å². The molecule has 0 radical (unpaired) electrons. The number of rotatable bonds is 4. The Morgan fingerprint density at radius 2 is 1.00 bits per heavy atom. The molecule has 0 aromatic heterocycles. The molecule has 0 heterocycles. The maximum Gasteiger partial charge on any atom is 0.0394 e. The normalized spacial score (nSPS) is 21.5. The van der Waals surface area contributed by atoms with Crippen LogP contribution in [0.25, 0.3) is 0 Å². The number of hydrogen-bond acceptors (Lipinski definition) is 2. The van der Waals surface area contributed by atoms with Crippen molar-refractivity contribution in [1.82, 2.24) is 9.80 Å². The summed E-state index contributed by atoms with van der Waals surface area (Å²) in [5.74, 6) is 0. The molecule has 0 atom stereocenters. The van der Waals surface area contributed by atoms with Crippen LogP contribution in [0.2, 0.25) is 0 Å². The summed E-state index contributed by atoms with van der Waals surface area (Å²) in [6.45, 7) is 11.1. The highest BCUT2D eigenvalue weighted by Gasteiger charge is 2.29. The lowest BCUT2D eigenvalue weighted by Gasteiger charge is -2.43. The molecule has 0 unspecified atom stereocenters. The second-order valence-corrected chi connectivity index (χ2v) is 7.68. The average molecular weight is 248 g/mol. The van der Waals surface area contributed by atoms with E-state index in [1.165, 1.54) is 9.80 Å². The highest BCUT2D eigenvalue weighted by Crippen LogP contribution is 2.24. The van der Waals surface area contributed by atoms with Crippen LogP contribution in [0.15, 0.2) is 0 Å². The fourth-order valence-electron chi connectivity index (χ4n) is 1.38. The third-order valence-corrected chi connectivity index (χ3v) is 2.79. The third kappa shape index (κ3) is 6.42.